The molecule has 126 valence electrons. The number of carbonyl (C=O) groups excluding carboxylic acids is 2. The summed E-state index contributed by atoms with van der Waals surface area (Å²) >= 11 is 0. The summed E-state index contributed by atoms with van der Waals surface area (Å²) in [4.78, 5) is 23.8. The zero-order chi connectivity index (χ0) is 17.8. The van der Waals surface area contributed by atoms with Crippen molar-refractivity contribution in [1.29, 1.82) is 0 Å². The van der Waals surface area contributed by atoms with E-state index in [0.717, 1.165) is 16.8 Å². The van der Waals surface area contributed by atoms with Gasteiger partial charge in [0.1, 0.15) is 0 Å². The Balaban J connectivity index is 1.68. The van der Waals surface area contributed by atoms with Crippen LogP contribution in [0.25, 0.3) is 10.8 Å². The van der Waals surface area contributed by atoms with Crippen molar-refractivity contribution < 1.29 is 9.59 Å². The van der Waals surface area contributed by atoms with E-state index in [4.69, 9.17) is 0 Å². The van der Waals surface area contributed by atoms with Crippen molar-refractivity contribution in [2.75, 3.05) is 11.9 Å². The molecule has 3 nitrogen and oxygen atoms in total. The molecule has 0 radical (unpaired) electrons. The fraction of sp³-hybridized carbons (Fsp3) is 0.182. The zero-order valence-electron chi connectivity index (χ0n) is 14.5. The maximum absolute atomic E-state index is 12.4. The van der Waals surface area contributed by atoms with Gasteiger partial charge in [-0.05, 0) is 47.9 Å². The van der Waals surface area contributed by atoms with Gasteiger partial charge in [0.2, 0.25) is 0 Å². The van der Waals surface area contributed by atoms with E-state index in [9.17, 15) is 9.59 Å². The standard InChI is InChI=1S/C22H21NO2/c1-15-18(11-10-17-6-3-4-9-22(15)17)13-21(25)14-23-20-8-5-7-19(12-20)16(2)24/h3-12,23H,13-14H2,1-2H3. The van der Waals surface area contributed by atoms with Crippen LogP contribution in [0.1, 0.15) is 28.4 Å². The minimum Gasteiger partial charge on any atom is -0.378 e. The Morgan fingerprint density at radius 3 is 2.56 bits per heavy atom. The summed E-state index contributed by atoms with van der Waals surface area (Å²) in [6.07, 6.45) is 0.399. The third kappa shape index (κ3) is 3.94. The van der Waals surface area contributed by atoms with Crippen molar-refractivity contribution in [3.8, 4) is 0 Å². The molecule has 0 unspecified atom stereocenters. The Morgan fingerprint density at radius 1 is 0.960 bits per heavy atom. The van der Waals surface area contributed by atoms with Crippen LogP contribution in [0.2, 0.25) is 0 Å². The van der Waals surface area contributed by atoms with Crippen LogP contribution < -0.4 is 5.32 Å². The highest BCUT2D eigenvalue weighted by atomic mass is 16.1. The van der Waals surface area contributed by atoms with Gasteiger partial charge in [0, 0.05) is 17.7 Å². The van der Waals surface area contributed by atoms with Crippen molar-refractivity contribution in [3.63, 3.8) is 0 Å². The van der Waals surface area contributed by atoms with Crippen molar-refractivity contribution in [2.24, 2.45) is 0 Å². The number of hydrogen-bond acceptors (Lipinski definition) is 3. The molecule has 0 saturated heterocycles. The van der Waals surface area contributed by atoms with Gasteiger partial charge < -0.3 is 5.32 Å². The Morgan fingerprint density at radius 2 is 1.76 bits per heavy atom. The molecule has 3 rings (SSSR count). The number of anilines is 1. The summed E-state index contributed by atoms with van der Waals surface area (Å²) < 4.78 is 0. The van der Waals surface area contributed by atoms with Crippen LogP contribution in [0.5, 0.6) is 0 Å². The molecule has 0 heterocycles. The maximum Gasteiger partial charge on any atom is 0.159 e. The molecule has 25 heavy (non-hydrogen) atoms. The zero-order valence-corrected chi connectivity index (χ0v) is 14.5. The Kier molecular flexibility index (Phi) is 4.94. The van der Waals surface area contributed by atoms with E-state index in [0.29, 0.717) is 12.0 Å². The van der Waals surface area contributed by atoms with Gasteiger partial charge in [0.05, 0.1) is 6.54 Å². The number of Topliss-reactive ketones (excluding diaryl/α,β-unsaturated/α-hetero) is 2. The molecule has 0 bridgehead atoms. The van der Waals surface area contributed by atoms with Gasteiger partial charge in [-0.2, -0.15) is 0 Å². The van der Waals surface area contributed by atoms with E-state index in [2.05, 4.69) is 30.4 Å². The molecule has 3 heteroatoms. The van der Waals surface area contributed by atoms with Gasteiger partial charge in [0.15, 0.2) is 11.6 Å². The van der Waals surface area contributed by atoms with E-state index >= 15 is 0 Å². The van der Waals surface area contributed by atoms with E-state index in [1.54, 1.807) is 12.1 Å². The lowest BCUT2D eigenvalue weighted by molar-refractivity contribution is -0.116. The number of benzene rings is 3. The van der Waals surface area contributed by atoms with Crippen LogP contribution in [0.15, 0.2) is 60.7 Å². The summed E-state index contributed by atoms with van der Waals surface area (Å²) in [6.45, 7) is 3.84. The number of carbonyl (C=O) groups is 2. The molecule has 0 spiro atoms. The first-order chi connectivity index (χ1) is 12.0. The highest BCUT2D eigenvalue weighted by Gasteiger charge is 2.09. The third-order valence-corrected chi connectivity index (χ3v) is 4.46. The molecule has 0 amide bonds. The number of nitrogens with one attached hydrogen (secondary N) is 1. The molecule has 0 saturated carbocycles. The molecule has 0 aliphatic carbocycles. The Hall–Kier alpha value is -2.94. The number of fused-ring (bicyclic) bond motifs is 1. The number of ketones is 2. The summed E-state index contributed by atoms with van der Waals surface area (Å²) in [5.74, 6) is 0.133. The highest BCUT2D eigenvalue weighted by Crippen LogP contribution is 2.22. The third-order valence-electron chi connectivity index (χ3n) is 4.46. The number of aryl methyl sites for hydroxylation is 1. The van der Waals surface area contributed by atoms with Crippen molar-refractivity contribution in [2.45, 2.75) is 20.3 Å². The predicted molar refractivity (Wildman–Crippen MR) is 102 cm³/mol. The molecule has 0 fully saturated rings. The minimum atomic E-state index is 0.0155. The molecule has 0 aliphatic heterocycles. The monoisotopic (exact) mass is 331 g/mol. The second kappa shape index (κ2) is 7.31. The van der Waals surface area contributed by atoms with E-state index in [1.165, 1.54) is 17.7 Å². The van der Waals surface area contributed by atoms with Gasteiger partial charge in [0.25, 0.3) is 0 Å². The average molecular weight is 331 g/mol. The molecule has 0 aliphatic rings. The molecule has 3 aromatic carbocycles. The summed E-state index contributed by atoms with van der Waals surface area (Å²) in [5, 5.41) is 5.49. The van der Waals surface area contributed by atoms with Crippen LogP contribution in [-0.4, -0.2) is 18.1 Å². The molecular weight excluding hydrogens is 310 g/mol. The smallest absolute Gasteiger partial charge is 0.159 e. The molecule has 1 N–H and O–H groups in total. The molecule has 0 aromatic heterocycles. The van der Waals surface area contributed by atoms with Crippen LogP contribution in [0, 0.1) is 6.92 Å². The first-order valence-corrected chi connectivity index (χ1v) is 8.38. The Labute approximate surface area is 147 Å². The first-order valence-electron chi connectivity index (χ1n) is 8.38. The quantitative estimate of drug-likeness (QED) is 0.673. The van der Waals surface area contributed by atoms with Crippen LogP contribution in [-0.2, 0) is 11.2 Å². The number of hydrogen-bond donors (Lipinski definition) is 1. The average Bonchev–Trinajstić information content (AvgIpc) is 2.63. The fourth-order valence-electron chi connectivity index (χ4n) is 2.99. The minimum absolute atomic E-state index is 0.0155. The fourth-order valence-corrected chi connectivity index (χ4v) is 2.99. The first kappa shape index (κ1) is 16.9. The van der Waals surface area contributed by atoms with E-state index < -0.39 is 0 Å². The van der Waals surface area contributed by atoms with Gasteiger partial charge in [-0.15, -0.1) is 0 Å². The summed E-state index contributed by atoms with van der Waals surface area (Å²) in [5.41, 5.74) is 3.65. The maximum atomic E-state index is 12.4. The van der Waals surface area contributed by atoms with Gasteiger partial charge in [-0.1, -0.05) is 48.5 Å². The lowest BCUT2D eigenvalue weighted by Gasteiger charge is -2.10. The predicted octanol–water partition coefficient (Wildman–Crippen LogP) is 4.57. The van der Waals surface area contributed by atoms with Crippen molar-refractivity contribution in [3.05, 3.63) is 77.4 Å². The number of rotatable bonds is 6. The van der Waals surface area contributed by atoms with Crippen LogP contribution in [0.3, 0.4) is 0 Å². The van der Waals surface area contributed by atoms with Gasteiger partial charge >= 0.3 is 0 Å². The molecular formula is C22H21NO2. The van der Waals surface area contributed by atoms with E-state index in [1.807, 2.05) is 30.3 Å². The van der Waals surface area contributed by atoms with Gasteiger partial charge in [-0.3, -0.25) is 9.59 Å². The second-order valence-electron chi connectivity index (χ2n) is 6.28. The largest absolute Gasteiger partial charge is 0.378 e. The van der Waals surface area contributed by atoms with Crippen molar-refractivity contribution >= 4 is 28.0 Å². The lowest BCUT2D eigenvalue weighted by Crippen LogP contribution is -2.16. The van der Waals surface area contributed by atoms with Crippen LogP contribution in [0.4, 0.5) is 5.69 Å². The Bertz CT molecular complexity index is 944. The lowest BCUT2D eigenvalue weighted by atomic mass is 9.97. The SMILES string of the molecule is CC(=O)c1cccc(NCC(=O)Cc2ccc3ccccc3c2C)c1. The normalized spacial score (nSPS) is 10.6. The topological polar surface area (TPSA) is 46.2 Å². The second-order valence-corrected chi connectivity index (χ2v) is 6.28. The summed E-state index contributed by atoms with van der Waals surface area (Å²) in [6, 6.07) is 19.5. The molecule has 0 atom stereocenters. The van der Waals surface area contributed by atoms with Crippen LogP contribution >= 0.6 is 0 Å². The summed E-state index contributed by atoms with van der Waals surface area (Å²) in [7, 11) is 0. The van der Waals surface area contributed by atoms with Crippen molar-refractivity contribution in [1.82, 2.24) is 0 Å². The van der Waals surface area contributed by atoms with E-state index in [-0.39, 0.29) is 18.1 Å². The highest BCUT2D eigenvalue weighted by molar-refractivity contribution is 5.95. The molecule has 3 aromatic rings. The van der Waals surface area contributed by atoms with Gasteiger partial charge in [-0.25, -0.2) is 0 Å².